The minimum Gasteiger partial charge on any atom is -0.350 e. The fraction of sp³-hybridized carbons (Fsp3) is 0.514. The Balaban J connectivity index is 1.59. The van der Waals surface area contributed by atoms with Crippen LogP contribution >= 0.6 is 0 Å². The van der Waals surface area contributed by atoms with Crippen molar-refractivity contribution in [3.8, 4) is 6.07 Å². The van der Waals surface area contributed by atoms with Crippen molar-refractivity contribution in [2.24, 2.45) is 0 Å². The predicted molar refractivity (Wildman–Crippen MR) is 177 cm³/mol. The number of carbonyl (C=O) groups excluding carboxylic acids is 3. The maximum atomic E-state index is 13.3. The lowest BCUT2D eigenvalue weighted by molar-refractivity contribution is -0.130. The zero-order valence-corrected chi connectivity index (χ0v) is 28.1. The summed E-state index contributed by atoms with van der Waals surface area (Å²) in [4.78, 5) is 41.2. The van der Waals surface area contributed by atoms with E-state index in [1.165, 1.54) is 0 Å². The molecule has 2 unspecified atom stereocenters. The van der Waals surface area contributed by atoms with Gasteiger partial charge in [-0.3, -0.25) is 14.4 Å². The van der Waals surface area contributed by atoms with Gasteiger partial charge in [-0.25, -0.2) is 5.10 Å². The van der Waals surface area contributed by atoms with Crippen LogP contribution < -0.4 is 16.0 Å². The lowest BCUT2D eigenvalue weighted by Crippen LogP contribution is -2.45. The van der Waals surface area contributed by atoms with Crippen molar-refractivity contribution >= 4 is 17.7 Å². The summed E-state index contributed by atoms with van der Waals surface area (Å²) in [7, 11) is 0. The lowest BCUT2D eigenvalue weighted by Gasteiger charge is -2.37. The van der Waals surface area contributed by atoms with Crippen LogP contribution in [-0.2, 0) is 23.1 Å². The minimum atomic E-state index is -0.908. The zero-order chi connectivity index (χ0) is 33.9. The number of rotatable bonds is 9. The molecule has 0 bridgehead atoms. The van der Waals surface area contributed by atoms with Crippen LogP contribution in [0.3, 0.4) is 0 Å². The zero-order valence-electron chi connectivity index (χ0n) is 28.1. The van der Waals surface area contributed by atoms with Crippen LogP contribution in [0.2, 0.25) is 0 Å². The first-order valence-electron chi connectivity index (χ1n) is 16.4. The fourth-order valence-electron chi connectivity index (χ4n) is 6.89. The Morgan fingerprint density at radius 2 is 1.68 bits per heavy atom. The largest absolute Gasteiger partial charge is 0.350 e. The van der Waals surface area contributed by atoms with Gasteiger partial charge in [0.05, 0.1) is 18.0 Å². The molecule has 1 fully saturated rings. The third-order valence-electron chi connectivity index (χ3n) is 8.91. The Bertz CT molecular complexity index is 1670. The first-order valence-corrected chi connectivity index (χ1v) is 16.4. The van der Waals surface area contributed by atoms with Crippen LogP contribution in [0.4, 0.5) is 0 Å². The van der Waals surface area contributed by atoms with Crippen molar-refractivity contribution in [1.82, 2.24) is 41.5 Å². The number of nitrogens with one attached hydrogen (secondary N) is 4. The molecule has 3 aromatic rings. The third kappa shape index (κ3) is 7.20. The van der Waals surface area contributed by atoms with E-state index in [1.807, 2.05) is 77.9 Å². The van der Waals surface area contributed by atoms with Crippen molar-refractivity contribution in [3.63, 3.8) is 0 Å². The van der Waals surface area contributed by atoms with E-state index in [0.29, 0.717) is 49.2 Å². The Morgan fingerprint density at radius 3 is 2.23 bits per heavy atom. The lowest BCUT2D eigenvalue weighted by atomic mass is 9.67. The van der Waals surface area contributed by atoms with Gasteiger partial charge in [-0.05, 0) is 131 Å². The van der Waals surface area contributed by atoms with Crippen LogP contribution in [0, 0.1) is 11.3 Å². The summed E-state index contributed by atoms with van der Waals surface area (Å²) in [6.07, 6.45) is 3.23. The molecule has 2 aliphatic rings. The van der Waals surface area contributed by atoms with Crippen molar-refractivity contribution in [2.45, 2.75) is 103 Å². The number of carbonyl (C=O) groups is 3. The number of H-pyrrole nitrogens is 1. The first kappa shape index (κ1) is 33.7. The van der Waals surface area contributed by atoms with Gasteiger partial charge in [0.1, 0.15) is 6.04 Å². The van der Waals surface area contributed by atoms with Crippen molar-refractivity contribution in [2.75, 3.05) is 13.1 Å². The van der Waals surface area contributed by atoms with Gasteiger partial charge < -0.3 is 20.9 Å². The third-order valence-corrected chi connectivity index (χ3v) is 8.91. The van der Waals surface area contributed by atoms with Crippen LogP contribution in [0.15, 0.2) is 36.4 Å². The molecular weight excluding hydrogens is 594 g/mol. The summed E-state index contributed by atoms with van der Waals surface area (Å²) in [5, 5.41) is 34.4. The van der Waals surface area contributed by atoms with Crippen LogP contribution in [-0.4, -0.2) is 80.0 Å². The predicted octanol–water partition coefficient (Wildman–Crippen LogP) is 3.18. The minimum absolute atomic E-state index is 0.0128. The van der Waals surface area contributed by atoms with Crippen molar-refractivity contribution in [1.29, 1.82) is 5.26 Å². The number of aromatic amines is 1. The van der Waals surface area contributed by atoms with Gasteiger partial charge in [0.2, 0.25) is 5.91 Å². The van der Waals surface area contributed by atoms with E-state index in [1.54, 1.807) is 4.90 Å². The number of hydrogen-bond donors (Lipinski definition) is 4. The highest BCUT2D eigenvalue weighted by Crippen LogP contribution is 2.47. The molecule has 1 aromatic heterocycles. The summed E-state index contributed by atoms with van der Waals surface area (Å²) < 4.78 is 0. The number of benzene rings is 2. The number of hydrogen-bond acceptors (Lipinski definition) is 8. The highest BCUT2D eigenvalue weighted by molar-refractivity contribution is 5.95. The SMILES string of the molecule is CC(C)NC(=O)c1ccc2c(c1)CCc1cc(C(=O)NC(C)(C)C)ccc1C2(C[C@@H](C)NCC(=O)N1CCCC1C#N)c1nnn[nH]1. The van der Waals surface area contributed by atoms with E-state index in [2.05, 4.69) is 42.6 Å². The molecule has 1 aliphatic heterocycles. The number of tetrazole rings is 1. The molecular formula is C35H45N9O3. The molecule has 2 heterocycles. The van der Waals surface area contributed by atoms with Gasteiger partial charge in [-0.15, -0.1) is 5.10 Å². The molecule has 5 rings (SSSR count). The Hall–Kier alpha value is -4.63. The summed E-state index contributed by atoms with van der Waals surface area (Å²) in [6, 6.07) is 13.2. The molecule has 0 radical (unpaired) electrons. The second-order valence-electron chi connectivity index (χ2n) is 14.1. The molecule has 47 heavy (non-hydrogen) atoms. The average Bonchev–Trinajstić information content (AvgIpc) is 3.71. The summed E-state index contributed by atoms with van der Waals surface area (Å²) in [5.74, 6) is 0.113. The van der Waals surface area contributed by atoms with E-state index < -0.39 is 17.0 Å². The second kappa shape index (κ2) is 13.6. The van der Waals surface area contributed by atoms with E-state index in [0.717, 1.165) is 28.7 Å². The maximum Gasteiger partial charge on any atom is 0.251 e. The summed E-state index contributed by atoms with van der Waals surface area (Å²) >= 11 is 0. The normalized spacial score (nSPS) is 19.7. The smallest absolute Gasteiger partial charge is 0.251 e. The van der Waals surface area contributed by atoms with Gasteiger partial charge in [-0.1, -0.05) is 12.1 Å². The Morgan fingerprint density at radius 1 is 1.04 bits per heavy atom. The van der Waals surface area contributed by atoms with Gasteiger partial charge in [0.25, 0.3) is 11.8 Å². The van der Waals surface area contributed by atoms with Gasteiger partial charge in [-0.2, -0.15) is 5.26 Å². The molecule has 1 saturated heterocycles. The van der Waals surface area contributed by atoms with Crippen LogP contribution in [0.5, 0.6) is 0 Å². The van der Waals surface area contributed by atoms with E-state index in [-0.39, 0.29) is 36.3 Å². The molecule has 2 aromatic carbocycles. The molecule has 248 valence electrons. The highest BCUT2D eigenvalue weighted by Gasteiger charge is 2.45. The standard InChI is InChI=1S/C35H45N9O3/c1-21(2)38-31(46)25-11-13-28-23(16-25)9-10-24-17-26(32(47)39-34(4,5)6)12-14-29(24)35(28,33-40-42-43-41-33)18-22(3)37-20-30(45)44-15-7-8-27(44)19-36/h11-14,16-17,21-22,27,37H,7-10,15,18,20H2,1-6H3,(H,38,46)(H,39,47)(H,40,41,42,43)/t22-,27?,35?/m1/s1. The quantitative estimate of drug-likeness (QED) is 0.277. The molecule has 12 nitrogen and oxygen atoms in total. The van der Waals surface area contributed by atoms with Crippen LogP contribution in [0.25, 0.3) is 0 Å². The van der Waals surface area contributed by atoms with Gasteiger partial charge in [0.15, 0.2) is 5.82 Å². The second-order valence-corrected chi connectivity index (χ2v) is 14.1. The number of likely N-dealkylation sites (tertiary alicyclic amines) is 1. The Labute approximate surface area is 276 Å². The summed E-state index contributed by atoms with van der Waals surface area (Å²) in [6.45, 7) is 12.4. The Kier molecular flexibility index (Phi) is 9.77. The number of nitrogens with zero attached hydrogens (tertiary/aromatic N) is 5. The van der Waals surface area contributed by atoms with Gasteiger partial charge >= 0.3 is 0 Å². The number of aromatic nitrogens is 4. The van der Waals surface area contributed by atoms with Crippen molar-refractivity contribution in [3.05, 3.63) is 75.6 Å². The molecule has 3 atom stereocenters. The number of fused-ring (bicyclic) bond motifs is 2. The van der Waals surface area contributed by atoms with E-state index in [9.17, 15) is 19.6 Å². The van der Waals surface area contributed by atoms with E-state index >= 15 is 0 Å². The molecule has 12 heteroatoms. The number of nitriles is 1. The van der Waals surface area contributed by atoms with Crippen molar-refractivity contribution < 1.29 is 14.4 Å². The average molecular weight is 640 g/mol. The number of aryl methyl sites for hydroxylation is 2. The maximum absolute atomic E-state index is 13.3. The molecule has 1 aliphatic carbocycles. The fourth-order valence-corrected chi connectivity index (χ4v) is 6.89. The highest BCUT2D eigenvalue weighted by atomic mass is 16.2. The summed E-state index contributed by atoms with van der Waals surface area (Å²) in [5.41, 5.74) is 3.67. The first-order chi connectivity index (χ1) is 22.3. The number of amides is 3. The molecule has 4 N–H and O–H groups in total. The monoisotopic (exact) mass is 639 g/mol. The van der Waals surface area contributed by atoms with Gasteiger partial charge in [0, 0.05) is 35.3 Å². The molecule has 3 amide bonds. The molecule has 0 saturated carbocycles. The molecule has 0 spiro atoms. The topological polar surface area (TPSA) is 169 Å². The van der Waals surface area contributed by atoms with E-state index in [4.69, 9.17) is 0 Å². The van der Waals surface area contributed by atoms with Crippen LogP contribution in [0.1, 0.15) is 110 Å².